The lowest BCUT2D eigenvalue weighted by Gasteiger charge is -2.35. The molecule has 0 radical (unpaired) electrons. The second-order valence-corrected chi connectivity index (χ2v) is 11.3. The zero-order valence-corrected chi connectivity index (χ0v) is 22.5. The fourth-order valence-electron chi connectivity index (χ4n) is 5.98. The molecule has 37 heavy (non-hydrogen) atoms. The summed E-state index contributed by atoms with van der Waals surface area (Å²) in [6.45, 7) is 8.75. The van der Waals surface area contributed by atoms with E-state index >= 15 is 0 Å². The van der Waals surface area contributed by atoms with Crippen LogP contribution in [0.15, 0.2) is 36.4 Å². The number of piperazine rings is 1. The Morgan fingerprint density at radius 2 is 1.65 bits per heavy atom. The maximum absolute atomic E-state index is 14.5. The fraction of sp³-hybridized carbons (Fsp3) is 0.533. The largest absolute Gasteiger partial charge is 0.339 e. The van der Waals surface area contributed by atoms with Crippen molar-refractivity contribution in [2.75, 3.05) is 53.4 Å². The molecule has 3 aliphatic rings. The zero-order valence-electron chi connectivity index (χ0n) is 22.5. The molecule has 198 valence electrons. The zero-order chi connectivity index (χ0) is 26.3. The van der Waals surface area contributed by atoms with E-state index in [9.17, 15) is 14.0 Å². The molecule has 2 aromatic rings. The lowest BCUT2D eigenvalue weighted by molar-refractivity contribution is -0.134. The molecule has 5 rings (SSSR count). The van der Waals surface area contributed by atoms with E-state index in [1.54, 1.807) is 12.1 Å². The molecule has 2 atom stereocenters. The maximum atomic E-state index is 14.5. The van der Waals surface area contributed by atoms with Crippen molar-refractivity contribution < 1.29 is 14.0 Å². The number of rotatable bonds is 6. The van der Waals surface area contributed by atoms with Gasteiger partial charge in [0, 0.05) is 74.8 Å². The van der Waals surface area contributed by atoms with Crippen LogP contribution < -0.4 is 0 Å². The van der Waals surface area contributed by atoms with Crippen molar-refractivity contribution in [3.05, 3.63) is 70.0 Å². The van der Waals surface area contributed by atoms with Gasteiger partial charge in [0.05, 0.1) is 0 Å². The first-order chi connectivity index (χ1) is 17.7. The first-order valence-corrected chi connectivity index (χ1v) is 13.5. The number of halogens is 1. The molecule has 0 unspecified atom stereocenters. The summed E-state index contributed by atoms with van der Waals surface area (Å²) in [5, 5.41) is 0. The number of benzene rings is 2. The standard InChI is InChI=1S/C30H39FN4O2/c1-20-6-5-7-27(31)25(20)17-33-18-26(28(19-33)32(3)4)23-10-11-24(21(2)16-23)30(37)35-14-12-34(13-15-35)29(36)22-8-9-22/h5-7,10-11,16,22,26,28H,8-9,12-15,17-19H2,1-4H3/t26-,28+/m1/s1. The summed E-state index contributed by atoms with van der Waals surface area (Å²) in [5.74, 6) is 0.683. The number of carbonyl (C=O) groups excluding carboxylic acids is 2. The van der Waals surface area contributed by atoms with Gasteiger partial charge >= 0.3 is 0 Å². The number of likely N-dealkylation sites (tertiary alicyclic amines) is 1. The monoisotopic (exact) mass is 506 g/mol. The molecule has 0 aromatic heterocycles. The van der Waals surface area contributed by atoms with Gasteiger partial charge in [-0.05, 0) is 69.6 Å². The van der Waals surface area contributed by atoms with Crippen molar-refractivity contribution in [3.63, 3.8) is 0 Å². The number of amides is 2. The molecule has 1 aliphatic carbocycles. The van der Waals surface area contributed by atoms with Crippen LogP contribution in [0, 0.1) is 25.6 Å². The van der Waals surface area contributed by atoms with Crippen LogP contribution in [0.3, 0.4) is 0 Å². The van der Waals surface area contributed by atoms with Gasteiger partial charge in [0.15, 0.2) is 0 Å². The molecule has 2 amide bonds. The third kappa shape index (κ3) is 5.43. The minimum absolute atomic E-state index is 0.0507. The van der Waals surface area contributed by atoms with Crippen LogP contribution >= 0.6 is 0 Å². The predicted octanol–water partition coefficient (Wildman–Crippen LogP) is 3.67. The predicted molar refractivity (Wildman–Crippen MR) is 143 cm³/mol. The van der Waals surface area contributed by atoms with E-state index in [2.05, 4.69) is 36.0 Å². The second-order valence-electron chi connectivity index (χ2n) is 11.3. The summed E-state index contributed by atoms with van der Waals surface area (Å²) in [5.41, 5.74) is 4.71. The molecule has 0 N–H and O–H groups in total. The lowest BCUT2D eigenvalue weighted by atomic mass is 9.91. The Balaban J connectivity index is 1.27. The topological polar surface area (TPSA) is 47.1 Å². The van der Waals surface area contributed by atoms with Gasteiger partial charge in [0.25, 0.3) is 5.91 Å². The minimum Gasteiger partial charge on any atom is -0.339 e. The SMILES string of the molecule is Cc1cc([C@H]2CN(Cc3c(C)cccc3F)C[C@@H]2N(C)C)ccc1C(=O)N1CCN(C(=O)C2CC2)CC1. The van der Waals surface area contributed by atoms with E-state index in [0.29, 0.717) is 38.8 Å². The molecule has 2 aromatic carbocycles. The fourth-order valence-corrected chi connectivity index (χ4v) is 5.98. The summed E-state index contributed by atoms with van der Waals surface area (Å²) in [4.78, 5) is 34.1. The van der Waals surface area contributed by atoms with Gasteiger partial charge in [-0.3, -0.25) is 14.5 Å². The van der Waals surface area contributed by atoms with Gasteiger partial charge < -0.3 is 14.7 Å². The summed E-state index contributed by atoms with van der Waals surface area (Å²) in [6, 6.07) is 11.8. The van der Waals surface area contributed by atoms with Crippen molar-refractivity contribution >= 4 is 11.8 Å². The smallest absolute Gasteiger partial charge is 0.254 e. The van der Waals surface area contributed by atoms with Crippen LogP contribution in [-0.2, 0) is 11.3 Å². The molecular formula is C30H39FN4O2. The normalized spacial score (nSPS) is 22.6. The van der Waals surface area contributed by atoms with E-state index in [-0.39, 0.29) is 29.5 Å². The molecule has 3 fully saturated rings. The van der Waals surface area contributed by atoms with Crippen LogP contribution in [0.4, 0.5) is 4.39 Å². The highest BCUT2D eigenvalue weighted by Gasteiger charge is 2.37. The molecule has 2 aliphatic heterocycles. The summed E-state index contributed by atoms with van der Waals surface area (Å²) in [6.07, 6.45) is 2.03. The number of hydrogen-bond donors (Lipinski definition) is 0. The Morgan fingerprint density at radius 3 is 2.27 bits per heavy atom. The van der Waals surface area contributed by atoms with E-state index in [4.69, 9.17) is 0 Å². The van der Waals surface area contributed by atoms with Gasteiger partial charge in [-0.2, -0.15) is 0 Å². The van der Waals surface area contributed by atoms with Gasteiger partial charge in [0.2, 0.25) is 5.91 Å². The van der Waals surface area contributed by atoms with Crippen LogP contribution in [-0.4, -0.2) is 90.8 Å². The highest BCUT2D eigenvalue weighted by molar-refractivity contribution is 5.96. The summed E-state index contributed by atoms with van der Waals surface area (Å²) < 4.78 is 14.5. The number of likely N-dealkylation sites (N-methyl/N-ethyl adjacent to an activating group) is 1. The number of hydrogen-bond acceptors (Lipinski definition) is 4. The molecule has 2 saturated heterocycles. The maximum Gasteiger partial charge on any atom is 0.254 e. The van der Waals surface area contributed by atoms with Crippen molar-refractivity contribution in [2.45, 2.75) is 45.2 Å². The molecule has 7 heteroatoms. The molecule has 2 heterocycles. The quantitative estimate of drug-likeness (QED) is 0.600. The van der Waals surface area contributed by atoms with E-state index in [0.717, 1.165) is 48.2 Å². The number of nitrogens with zero attached hydrogens (tertiary/aromatic N) is 4. The van der Waals surface area contributed by atoms with Gasteiger partial charge in [0.1, 0.15) is 5.82 Å². The van der Waals surface area contributed by atoms with Crippen LogP contribution in [0.1, 0.15) is 51.4 Å². The molecule has 0 bridgehead atoms. The van der Waals surface area contributed by atoms with Crippen molar-refractivity contribution in [1.82, 2.24) is 19.6 Å². The van der Waals surface area contributed by atoms with Gasteiger partial charge in [-0.1, -0.05) is 24.3 Å². The van der Waals surface area contributed by atoms with Gasteiger partial charge in [-0.15, -0.1) is 0 Å². The molecule has 0 spiro atoms. The average Bonchev–Trinajstić information content (AvgIpc) is 3.64. The van der Waals surface area contributed by atoms with Crippen molar-refractivity contribution in [3.8, 4) is 0 Å². The van der Waals surface area contributed by atoms with Crippen LogP contribution in [0.25, 0.3) is 0 Å². The number of carbonyl (C=O) groups is 2. The molecular weight excluding hydrogens is 467 g/mol. The Hall–Kier alpha value is -2.77. The number of aryl methyl sites for hydroxylation is 2. The van der Waals surface area contributed by atoms with Crippen molar-refractivity contribution in [1.29, 1.82) is 0 Å². The first-order valence-electron chi connectivity index (χ1n) is 13.5. The third-order valence-electron chi connectivity index (χ3n) is 8.48. The summed E-state index contributed by atoms with van der Waals surface area (Å²) >= 11 is 0. The Kier molecular flexibility index (Phi) is 7.37. The van der Waals surface area contributed by atoms with Gasteiger partial charge in [-0.25, -0.2) is 4.39 Å². The highest BCUT2D eigenvalue weighted by Crippen LogP contribution is 2.34. The third-order valence-corrected chi connectivity index (χ3v) is 8.48. The van der Waals surface area contributed by atoms with Crippen molar-refractivity contribution in [2.24, 2.45) is 5.92 Å². The van der Waals surface area contributed by atoms with E-state index in [1.165, 1.54) is 5.56 Å². The first kappa shape index (κ1) is 25.9. The highest BCUT2D eigenvalue weighted by atomic mass is 19.1. The Bertz CT molecular complexity index is 1150. The summed E-state index contributed by atoms with van der Waals surface area (Å²) in [7, 11) is 4.21. The Labute approximate surface area is 220 Å². The average molecular weight is 507 g/mol. The van der Waals surface area contributed by atoms with Crippen LogP contribution in [0.2, 0.25) is 0 Å². The van der Waals surface area contributed by atoms with Crippen LogP contribution in [0.5, 0.6) is 0 Å². The molecule has 1 saturated carbocycles. The van der Waals surface area contributed by atoms with E-state index in [1.807, 2.05) is 35.8 Å². The molecule has 6 nitrogen and oxygen atoms in total. The second kappa shape index (κ2) is 10.5. The minimum atomic E-state index is -0.138. The van der Waals surface area contributed by atoms with E-state index < -0.39 is 0 Å². The lowest BCUT2D eigenvalue weighted by Crippen LogP contribution is -2.51. The Morgan fingerprint density at radius 1 is 0.946 bits per heavy atom.